The number of carbonyl (C=O) groups excluding carboxylic acids is 1. The first kappa shape index (κ1) is 14.1. The lowest BCUT2D eigenvalue weighted by atomic mass is 10.0. The fourth-order valence-corrected chi connectivity index (χ4v) is 2.08. The molecular weight excluding hydrogens is 261 g/mol. The highest BCUT2D eigenvalue weighted by molar-refractivity contribution is 7.99. The number of carboxylic acid groups (broad SMARTS) is 1. The molecule has 3 N–H and O–H groups in total. The summed E-state index contributed by atoms with van der Waals surface area (Å²) in [4.78, 5) is 22.1. The molecular formula is C8H11F3N2O3S. The third-order valence-electron chi connectivity index (χ3n) is 2.40. The fourth-order valence-electron chi connectivity index (χ4n) is 1.14. The lowest BCUT2D eigenvalue weighted by Gasteiger charge is -2.29. The van der Waals surface area contributed by atoms with E-state index in [-0.39, 0.29) is 0 Å². The number of alkyl halides is 3. The summed E-state index contributed by atoms with van der Waals surface area (Å²) in [6.07, 6.45) is -5.06. The topological polar surface area (TPSA) is 78.4 Å². The molecule has 2 unspecified atom stereocenters. The van der Waals surface area contributed by atoms with Crippen LogP contribution in [0.1, 0.15) is 6.92 Å². The zero-order valence-corrected chi connectivity index (χ0v) is 9.61. The SMILES string of the molecule is CC(NC(=O)C1CSCN1)(C(=O)O)C(F)(F)F. The van der Waals surface area contributed by atoms with E-state index in [0.717, 1.165) is 0 Å². The molecule has 0 spiro atoms. The van der Waals surface area contributed by atoms with Crippen molar-refractivity contribution in [1.82, 2.24) is 10.6 Å². The molecule has 1 rings (SSSR count). The van der Waals surface area contributed by atoms with Crippen molar-refractivity contribution in [3.05, 3.63) is 0 Å². The van der Waals surface area contributed by atoms with E-state index in [0.29, 0.717) is 18.6 Å². The molecule has 1 heterocycles. The Hall–Kier alpha value is -0.960. The van der Waals surface area contributed by atoms with Crippen molar-refractivity contribution in [2.24, 2.45) is 0 Å². The summed E-state index contributed by atoms with van der Waals surface area (Å²) < 4.78 is 37.7. The van der Waals surface area contributed by atoms with Crippen LogP contribution >= 0.6 is 11.8 Å². The first-order valence-electron chi connectivity index (χ1n) is 4.62. The Balaban J connectivity index is 2.80. The zero-order chi connectivity index (χ0) is 13.3. The number of hydrogen-bond acceptors (Lipinski definition) is 4. The molecule has 0 saturated carbocycles. The van der Waals surface area contributed by atoms with E-state index in [9.17, 15) is 22.8 Å². The first-order valence-corrected chi connectivity index (χ1v) is 5.77. The maximum absolute atomic E-state index is 12.6. The largest absolute Gasteiger partial charge is 0.479 e. The van der Waals surface area contributed by atoms with Gasteiger partial charge in [0.25, 0.3) is 0 Å². The van der Waals surface area contributed by atoms with Crippen LogP contribution in [0.4, 0.5) is 13.2 Å². The van der Waals surface area contributed by atoms with Gasteiger partial charge in [0.05, 0.1) is 6.04 Å². The van der Waals surface area contributed by atoms with Gasteiger partial charge in [0.15, 0.2) is 0 Å². The lowest BCUT2D eigenvalue weighted by molar-refractivity contribution is -0.207. The van der Waals surface area contributed by atoms with Gasteiger partial charge in [0, 0.05) is 11.6 Å². The van der Waals surface area contributed by atoms with Crippen LogP contribution in [0.25, 0.3) is 0 Å². The number of nitrogens with one attached hydrogen (secondary N) is 2. The van der Waals surface area contributed by atoms with Crippen LogP contribution in [-0.4, -0.2) is 46.4 Å². The Labute approximate surface area is 99.1 Å². The minimum Gasteiger partial charge on any atom is -0.479 e. The van der Waals surface area contributed by atoms with Crippen LogP contribution in [0, 0.1) is 0 Å². The van der Waals surface area contributed by atoms with E-state index in [1.54, 1.807) is 0 Å². The van der Waals surface area contributed by atoms with E-state index in [2.05, 4.69) is 5.32 Å². The van der Waals surface area contributed by atoms with Crippen LogP contribution in [0.15, 0.2) is 0 Å². The Morgan fingerprint density at radius 1 is 1.47 bits per heavy atom. The van der Waals surface area contributed by atoms with Crippen LogP contribution in [0.5, 0.6) is 0 Å². The van der Waals surface area contributed by atoms with E-state index < -0.39 is 29.6 Å². The number of hydrogen-bond donors (Lipinski definition) is 3. The molecule has 0 aromatic heterocycles. The van der Waals surface area contributed by atoms with Crippen molar-refractivity contribution in [2.45, 2.75) is 24.7 Å². The Morgan fingerprint density at radius 2 is 2.06 bits per heavy atom. The normalized spacial score (nSPS) is 24.1. The van der Waals surface area contributed by atoms with Crippen molar-refractivity contribution >= 4 is 23.6 Å². The molecule has 98 valence electrons. The van der Waals surface area contributed by atoms with E-state index in [1.165, 1.54) is 17.1 Å². The molecule has 0 aliphatic carbocycles. The average Bonchev–Trinajstić information content (AvgIpc) is 2.67. The summed E-state index contributed by atoms with van der Waals surface area (Å²) in [6.45, 7) is 0.426. The van der Waals surface area contributed by atoms with Crippen LogP contribution in [-0.2, 0) is 9.59 Å². The molecule has 1 aliphatic heterocycles. The van der Waals surface area contributed by atoms with Gasteiger partial charge in [-0.25, -0.2) is 4.79 Å². The summed E-state index contributed by atoms with van der Waals surface area (Å²) in [5.74, 6) is -2.32. The molecule has 9 heteroatoms. The molecule has 0 bridgehead atoms. The lowest BCUT2D eigenvalue weighted by Crippen LogP contribution is -2.64. The van der Waals surface area contributed by atoms with Gasteiger partial charge in [-0.05, 0) is 6.92 Å². The molecule has 2 atom stereocenters. The minimum absolute atomic E-state index is 0.319. The smallest absolute Gasteiger partial charge is 0.422 e. The quantitative estimate of drug-likeness (QED) is 0.682. The van der Waals surface area contributed by atoms with Crippen molar-refractivity contribution in [3.8, 4) is 0 Å². The van der Waals surface area contributed by atoms with E-state index in [4.69, 9.17) is 5.11 Å². The number of rotatable bonds is 3. The predicted molar refractivity (Wildman–Crippen MR) is 54.5 cm³/mol. The van der Waals surface area contributed by atoms with Crippen LogP contribution < -0.4 is 10.6 Å². The maximum atomic E-state index is 12.6. The summed E-state index contributed by atoms with van der Waals surface area (Å²) in [7, 11) is 0. The molecule has 1 saturated heterocycles. The average molecular weight is 272 g/mol. The predicted octanol–water partition coefficient (Wildman–Crippen LogP) is 0.171. The van der Waals surface area contributed by atoms with Gasteiger partial charge in [0.2, 0.25) is 11.4 Å². The second-order valence-electron chi connectivity index (χ2n) is 3.69. The Morgan fingerprint density at radius 3 is 2.41 bits per heavy atom. The number of aliphatic carboxylic acids is 1. The third kappa shape index (κ3) is 2.83. The number of amides is 1. The molecule has 0 aromatic carbocycles. The number of carboxylic acids is 1. The first-order chi connectivity index (χ1) is 7.68. The second-order valence-corrected chi connectivity index (χ2v) is 4.72. The molecule has 1 aliphatic rings. The van der Waals surface area contributed by atoms with Crippen LogP contribution in [0.2, 0.25) is 0 Å². The number of halogens is 3. The van der Waals surface area contributed by atoms with Gasteiger partial charge in [0.1, 0.15) is 0 Å². The Kier molecular flexibility index (Phi) is 3.92. The van der Waals surface area contributed by atoms with Crippen LogP contribution in [0.3, 0.4) is 0 Å². The molecule has 0 radical (unpaired) electrons. The third-order valence-corrected chi connectivity index (χ3v) is 3.34. The molecule has 5 nitrogen and oxygen atoms in total. The van der Waals surface area contributed by atoms with Gasteiger partial charge in [-0.1, -0.05) is 0 Å². The summed E-state index contributed by atoms with van der Waals surface area (Å²) in [5, 5.41) is 12.8. The zero-order valence-electron chi connectivity index (χ0n) is 8.80. The monoisotopic (exact) mass is 272 g/mol. The van der Waals surface area contributed by atoms with E-state index in [1.807, 2.05) is 0 Å². The highest BCUT2D eigenvalue weighted by Gasteiger charge is 2.58. The standard InChI is InChI=1S/C8H11F3N2O3S/c1-7(6(15)16,8(9,10)11)13-5(14)4-2-17-3-12-4/h4,12H,2-3H2,1H3,(H,13,14)(H,15,16). The molecule has 0 aromatic rings. The van der Waals surface area contributed by atoms with Crippen molar-refractivity contribution in [3.63, 3.8) is 0 Å². The highest BCUT2D eigenvalue weighted by Crippen LogP contribution is 2.30. The van der Waals surface area contributed by atoms with Gasteiger partial charge in [-0.3, -0.25) is 10.1 Å². The van der Waals surface area contributed by atoms with Gasteiger partial charge < -0.3 is 10.4 Å². The van der Waals surface area contributed by atoms with Crippen molar-refractivity contribution < 1.29 is 27.9 Å². The molecule has 1 fully saturated rings. The summed E-state index contributed by atoms with van der Waals surface area (Å²) in [5.41, 5.74) is -3.26. The maximum Gasteiger partial charge on any atom is 0.422 e. The second kappa shape index (κ2) is 4.73. The number of carbonyl (C=O) groups is 2. The summed E-state index contributed by atoms with van der Waals surface area (Å²) >= 11 is 1.35. The van der Waals surface area contributed by atoms with Crippen molar-refractivity contribution in [2.75, 3.05) is 11.6 Å². The van der Waals surface area contributed by atoms with Crippen molar-refractivity contribution in [1.29, 1.82) is 0 Å². The molecule has 1 amide bonds. The van der Waals surface area contributed by atoms with Gasteiger partial charge >= 0.3 is 12.1 Å². The minimum atomic E-state index is -5.06. The fraction of sp³-hybridized carbons (Fsp3) is 0.750. The van der Waals surface area contributed by atoms with E-state index >= 15 is 0 Å². The summed E-state index contributed by atoms with van der Waals surface area (Å²) in [6, 6.07) is -0.791. The number of thioether (sulfide) groups is 1. The Bertz CT molecular complexity index is 330. The highest BCUT2D eigenvalue weighted by atomic mass is 32.2. The van der Waals surface area contributed by atoms with Gasteiger partial charge in [-0.15, -0.1) is 11.8 Å². The van der Waals surface area contributed by atoms with Gasteiger partial charge in [-0.2, -0.15) is 13.2 Å². The molecule has 17 heavy (non-hydrogen) atoms.